The molecule has 2 aromatic carbocycles. The largest absolute Gasteiger partial charge is 0.0888 e. The van der Waals surface area contributed by atoms with Crippen molar-refractivity contribution >= 4 is 16.7 Å². The van der Waals surface area contributed by atoms with Gasteiger partial charge in [0.1, 0.15) is 0 Å². The van der Waals surface area contributed by atoms with Crippen LogP contribution in [0, 0.1) is 0 Å². The van der Waals surface area contributed by atoms with Crippen LogP contribution in [0.2, 0.25) is 0 Å². The molecule has 246 valence electrons. The molecule has 0 N–H and O–H groups in total. The third kappa shape index (κ3) is 9.52. The van der Waals surface area contributed by atoms with E-state index in [0.29, 0.717) is 5.92 Å². The maximum atomic E-state index is 2.41. The van der Waals surface area contributed by atoms with Crippen molar-refractivity contribution in [2.45, 2.75) is 65.2 Å². The van der Waals surface area contributed by atoms with E-state index in [1.807, 2.05) is 11.8 Å². The van der Waals surface area contributed by atoms with Gasteiger partial charge in [0.2, 0.25) is 0 Å². The molecule has 4 aliphatic rings. The van der Waals surface area contributed by atoms with E-state index < -0.39 is 0 Å². The fourth-order valence-corrected chi connectivity index (χ4v) is 7.78. The molecule has 1 atom stereocenters. The normalized spacial score (nSPS) is 21.1. The lowest BCUT2D eigenvalue weighted by Crippen LogP contribution is -2.00. The highest BCUT2D eigenvalue weighted by Crippen LogP contribution is 2.43. The van der Waals surface area contributed by atoms with Gasteiger partial charge in [-0.05, 0) is 126 Å². The molecule has 0 saturated heterocycles. The van der Waals surface area contributed by atoms with Gasteiger partial charge in [0.15, 0.2) is 0 Å². The van der Waals surface area contributed by atoms with Gasteiger partial charge in [0.25, 0.3) is 0 Å². The van der Waals surface area contributed by atoms with Gasteiger partial charge in [0, 0.05) is 9.81 Å². The van der Waals surface area contributed by atoms with Crippen LogP contribution in [0.3, 0.4) is 0 Å². The predicted octanol–water partition coefficient (Wildman–Crippen LogP) is 14.0. The summed E-state index contributed by atoms with van der Waals surface area (Å²) in [5, 5.41) is 0. The Morgan fingerprint density at radius 3 is 2.43 bits per heavy atom. The van der Waals surface area contributed by atoms with Crippen molar-refractivity contribution in [1.29, 1.82) is 0 Å². The van der Waals surface area contributed by atoms with Crippen LogP contribution in [0.1, 0.15) is 76.3 Å². The maximum absolute atomic E-state index is 2.41. The molecule has 0 bridgehead atoms. The summed E-state index contributed by atoms with van der Waals surface area (Å²) in [4.78, 5) is 2.64. The lowest BCUT2D eigenvalue weighted by atomic mass is 9.87. The van der Waals surface area contributed by atoms with Gasteiger partial charge in [0.05, 0.1) is 0 Å². The second-order valence-corrected chi connectivity index (χ2v) is 14.3. The quantitative estimate of drug-likeness (QED) is 0.242. The van der Waals surface area contributed by atoms with E-state index >= 15 is 0 Å². The standard InChI is InChI=1S/C48H48S/c1-36(41-18-9-4-5-10-19-41)32-39(33-37(2)42-20-11-6-12-21-42)28-30-43-26-17-27-44(38(43)3)31-29-40-34-47(45-22-13-7-14-23-45)49-48(35-40)46-24-15-8-16-25-46/h4,6-7,9-15,18-25,28-35,37H,5,8,16-17,26-27H2,1-3H3/b30-28+,36-32+,39-33-,40-29-,44-31-. The first-order valence-electron chi connectivity index (χ1n) is 17.8. The van der Waals surface area contributed by atoms with Crippen molar-refractivity contribution in [1.82, 2.24) is 0 Å². The molecule has 1 unspecified atom stereocenters. The van der Waals surface area contributed by atoms with Gasteiger partial charge in [-0.15, -0.1) is 0 Å². The first kappa shape index (κ1) is 34.3. The van der Waals surface area contributed by atoms with Gasteiger partial charge >= 0.3 is 0 Å². The van der Waals surface area contributed by atoms with Crippen molar-refractivity contribution in [3.05, 3.63) is 218 Å². The number of hydrogen-bond acceptors (Lipinski definition) is 1. The molecule has 0 amide bonds. The number of thioether (sulfide) groups is 1. The average molecular weight is 657 g/mol. The molecule has 0 saturated carbocycles. The second kappa shape index (κ2) is 17.2. The van der Waals surface area contributed by atoms with Crippen molar-refractivity contribution in [3.8, 4) is 0 Å². The van der Waals surface area contributed by atoms with E-state index in [2.05, 4.69) is 179 Å². The molecule has 1 heterocycles. The number of rotatable bonds is 9. The zero-order valence-corrected chi connectivity index (χ0v) is 30.1. The Hall–Kier alpha value is -4.59. The molecule has 49 heavy (non-hydrogen) atoms. The summed E-state index contributed by atoms with van der Waals surface area (Å²) in [5.74, 6) is 0.312. The fraction of sp³-hybridized carbons (Fsp3) is 0.208. The molecule has 6 rings (SSSR count). The molecule has 2 aromatic rings. The van der Waals surface area contributed by atoms with Gasteiger partial charge in [-0.25, -0.2) is 0 Å². The van der Waals surface area contributed by atoms with Crippen molar-refractivity contribution in [3.63, 3.8) is 0 Å². The molecule has 3 aliphatic carbocycles. The minimum atomic E-state index is 0.312. The van der Waals surface area contributed by atoms with Crippen LogP contribution in [0.5, 0.6) is 0 Å². The lowest BCUT2D eigenvalue weighted by Gasteiger charge is -2.20. The number of hydrogen-bond donors (Lipinski definition) is 0. The third-order valence-electron chi connectivity index (χ3n) is 9.55. The Morgan fingerprint density at radius 2 is 1.63 bits per heavy atom. The molecular weight excluding hydrogens is 609 g/mol. The Balaban J connectivity index is 1.31. The zero-order valence-electron chi connectivity index (χ0n) is 29.2. The van der Waals surface area contributed by atoms with Crippen LogP contribution >= 0.6 is 11.8 Å². The highest BCUT2D eigenvalue weighted by atomic mass is 32.2. The highest BCUT2D eigenvalue weighted by molar-refractivity contribution is 8.12. The topological polar surface area (TPSA) is 0 Å². The predicted molar refractivity (Wildman–Crippen MR) is 216 cm³/mol. The summed E-state index contributed by atoms with van der Waals surface area (Å²) in [7, 11) is 0. The summed E-state index contributed by atoms with van der Waals surface area (Å²) in [6.07, 6.45) is 43.6. The van der Waals surface area contributed by atoms with E-state index in [0.717, 1.165) is 32.1 Å². The van der Waals surface area contributed by atoms with Crippen molar-refractivity contribution in [2.24, 2.45) is 0 Å². The van der Waals surface area contributed by atoms with Crippen LogP contribution < -0.4 is 0 Å². The van der Waals surface area contributed by atoms with Gasteiger partial charge in [-0.2, -0.15) is 0 Å². The Morgan fingerprint density at radius 1 is 0.837 bits per heavy atom. The first-order chi connectivity index (χ1) is 24.0. The smallest absolute Gasteiger partial charge is 0.0200 e. The molecule has 0 nitrogen and oxygen atoms in total. The molecule has 0 fully saturated rings. The van der Waals surface area contributed by atoms with Crippen LogP contribution in [-0.2, 0) is 0 Å². The summed E-state index contributed by atoms with van der Waals surface area (Å²) in [5.41, 5.74) is 13.3. The molecule has 1 heteroatoms. The van der Waals surface area contributed by atoms with E-state index in [1.165, 1.54) is 71.9 Å². The second-order valence-electron chi connectivity index (χ2n) is 13.2. The van der Waals surface area contributed by atoms with Crippen LogP contribution in [0.15, 0.2) is 207 Å². The Kier molecular flexibility index (Phi) is 12.0. The molecular formula is C48H48S. The molecule has 0 radical (unpaired) electrons. The monoisotopic (exact) mass is 656 g/mol. The minimum absolute atomic E-state index is 0.312. The number of allylic oxidation sites excluding steroid dienone is 24. The number of benzene rings is 2. The summed E-state index contributed by atoms with van der Waals surface area (Å²) < 4.78 is 0. The van der Waals surface area contributed by atoms with Crippen LogP contribution in [-0.4, -0.2) is 0 Å². The lowest BCUT2D eigenvalue weighted by molar-refractivity contribution is 0.777. The van der Waals surface area contributed by atoms with Gasteiger partial charge in [-0.1, -0.05) is 164 Å². The Bertz CT molecular complexity index is 1920. The maximum Gasteiger partial charge on any atom is 0.0200 e. The summed E-state index contributed by atoms with van der Waals surface area (Å²) >= 11 is 1.89. The van der Waals surface area contributed by atoms with Crippen molar-refractivity contribution < 1.29 is 0 Å². The zero-order chi connectivity index (χ0) is 33.8. The molecule has 0 spiro atoms. The van der Waals surface area contributed by atoms with Crippen LogP contribution in [0.4, 0.5) is 0 Å². The summed E-state index contributed by atoms with van der Waals surface area (Å²) in [6.45, 7) is 6.84. The molecule has 1 aliphatic heterocycles. The Labute approximate surface area is 299 Å². The van der Waals surface area contributed by atoms with Crippen LogP contribution in [0.25, 0.3) is 4.91 Å². The summed E-state index contributed by atoms with van der Waals surface area (Å²) in [6, 6.07) is 21.6. The molecule has 0 aromatic heterocycles. The van der Waals surface area contributed by atoms with Crippen molar-refractivity contribution in [2.75, 3.05) is 0 Å². The SMILES string of the molecule is CC1=C(/C=C/C(=C/C(C)c2ccccc2)/C=C(\C)C2=CC=CCC=C2)CCC/C1=C/C=C1\C=C(C2=CCCC=C2)SC(c2ccccc2)=C1. The fourth-order valence-electron chi connectivity index (χ4n) is 6.63. The average Bonchev–Trinajstić information content (AvgIpc) is 3.45. The van der Waals surface area contributed by atoms with Gasteiger partial charge < -0.3 is 0 Å². The van der Waals surface area contributed by atoms with E-state index in [-0.39, 0.29) is 0 Å². The van der Waals surface area contributed by atoms with E-state index in [1.54, 1.807) is 0 Å². The van der Waals surface area contributed by atoms with E-state index in [9.17, 15) is 0 Å². The van der Waals surface area contributed by atoms with E-state index in [4.69, 9.17) is 0 Å². The highest BCUT2D eigenvalue weighted by Gasteiger charge is 2.16. The minimum Gasteiger partial charge on any atom is -0.0888 e. The third-order valence-corrected chi connectivity index (χ3v) is 10.7. The first-order valence-corrected chi connectivity index (χ1v) is 18.7. The van der Waals surface area contributed by atoms with Gasteiger partial charge in [-0.3, -0.25) is 0 Å².